The normalized spacial score (nSPS) is 47.7. The van der Waals surface area contributed by atoms with Crippen LogP contribution < -0.4 is 0 Å². The van der Waals surface area contributed by atoms with Gasteiger partial charge in [-0.1, -0.05) is 20.8 Å². The topological polar surface area (TPSA) is 63.6 Å². The van der Waals surface area contributed by atoms with Crippen molar-refractivity contribution >= 4 is 11.8 Å². The van der Waals surface area contributed by atoms with Gasteiger partial charge in [-0.15, -0.1) is 0 Å². The van der Waals surface area contributed by atoms with Gasteiger partial charge in [-0.05, 0) is 91.3 Å². The van der Waals surface area contributed by atoms with E-state index in [9.17, 15) is 14.7 Å². The van der Waals surface area contributed by atoms with E-state index in [0.717, 1.165) is 25.7 Å². The predicted molar refractivity (Wildman–Crippen MR) is 112 cm³/mol. The maximum absolute atomic E-state index is 12.1. The highest BCUT2D eigenvalue weighted by atomic mass is 16.5. The number of aliphatic hydroxyl groups is 1. The molecule has 0 saturated heterocycles. The average molecular weight is 405 g/mol. The lowest BCUT2D eigenvalue weighted by molar-refractivity contribution is -0.169. The zero-order chi connectivity index (χ0) is 21.0. The molecule has 4 rings (SSSR count). The van der Waals surface area contributed by atoms with Crippen LogP contribution in [0.25, 0.3) is 0 Å². The van der Waals surface area contributed by atoms with Crippen LogP contribution in [0.2, 0.25) is 0 Å². The highest BCUT2D eigenvalue weighted by Crippen LogP contribution is 2.68. The molecule has 4 fully saturated rings. The van der Waals surface area contributed by atoms with Crippen LogP contribution in [0.5, 0.6) is 0 Å². The number of ketones is 1. The summed E-state index contributed by atoms with van der Waals surface area (Å²) in [4.78, 5) is 23.7. The van der Waals surface area contributed by atoms with Crippen molar-refractivity contribution in [2.45, 2.75) is 91.1 Å². The summed E-state index contributed by atoms with van der Waals surface area (Å²) in [5.41, 5.74) is 0.499. The van der Waals surface area contributed by atoms with Gasteiger partial charge in [0, 0.05) is 19.3 Å². The second-order valence-corrected chi connectivity index (χ2v) is 11.4. The van der Waals surface area contributed by atoms with E-state index in [1.54, 1.807) is 0 Å². The maximum atomic E-state index is 12.1. The number of methoxy groups -OCH3 is 1. The summed E-state index contributed by atoms with van der Waals surface area (Å²) in [6.07, 6.45) is 9.27. The smallest absolute Gasteiger partial charge is 0.305 e. The number of hydrogen-bond donors (Lipinski definition) is 1. The average Bonchev–Trinajstić information content (AvgIpc) is 3.04. The van der Waals surface area contributed by atoms with Crippen molar-refractivity contribution in [2.24, 2.45) is 46.3 Å². The molecular formula is C25H40O4. The minimum absolute atomic E-state index is 0.103. The van der Waals surface area contributed by atoms with Crippen molar-refractivity contribution in [1.29, 1.82) is 0 Å². The standard InChI is InChI=1S/C25H40O4/c1-15(5-8-22(28)29-4)18-6-7-19-23-20(10-12-25(18,19)3)24(2)11-9-17(26)13-16(24)14-21(23)27/h15-16,18-21,23,27H,5-14H2,1-4H3/t15-,16?,18-,19+,20+,21+,23+,24+,25-/m1/s1. The van der Waals surface area contributed by atoms with E-state index in [1.807, 2.05) is 0 Å². The fourth-order valence-electron chi connectivity index (χ4n) is 8.64. The summed E-state index contributed by atoms with van der Waals surface area (Å²) in [5.74, 6) is 3.35. The third-order valence-corrected chi connectivity index (χ3v) is 10.3. The number of carbonyl (C=O) groups is 2. The van der Waals surface area contributed by atoms with Crippen LogP contribution in [-0.4, -0.2) is 30.1 Å². The van der Waals surface area contributed by atoms with E-state index in [4.69, 9.17) is 4.74 Å². The van der Waals surface area contributed by atoms with Crippen LogP contribution in [0.4, 0.5) is 0 Å². The van der Waals surface area contributed by atoms with Gasteiger partial charge >= 0.3 is 5.97 Å². The molecule has 0 amide bonds. The first-order chi connectivity index (χ1) is 13.7. The first-order valence-corrected chi connectivity index (χ1v) is 12.0. The van der Waals surface area contributed by atoms with Gasteiger partial charge in [-0.3, -0.25) is 9.59 Å². The van der Waals surface area contributed by atoms with Crippen molar-refractivity contribution in [2.75, 3.05) is 7.11 Å². The third-order valence-electron chi connectivity index (χ3n) is 10.3. The molecular weight excluding hydrogens is 364 g/mol. The van der Waals surface area contributed by atoms with Crippen molar-refractivity contribution in [3.63, 3.8) is 0 Å². The third kappa shape index (κ3) is 3.38. The van der Waals surface area contributed by atoms with Gasteiger partial charge in [0.25, 0.3) is 0 Å². The number of carbonyl (C=O) groups excluding carboxylic acids is 2. The summed E-state index contributed by atoms with van der Waals surface area (Å²) in [7, 11) is 1.47. The lowest BCUT2D eigenvalue weighted by Crippen LogP contribution is -2.58. The van der Waals surface area contributed by atoms with Crippen molar-refractivity contribution < 1.29 is 19.4 Å². The van der Waals surface area contributed by atoms with Crippen LogP contribution in [-0.2, 0) is 14.3 Å². The van der Waals surface area contributed by atoms with E-state index in [1.165, 1.54) is 32.8 Å². The Labute approximate surface area is 176 Å². The van der Waals surface area contributed by atoms with Gasteiger partial charge in [0.2, 0.25) is 0 Å². The Morgan fingerprint density at radius 3 is 2.62 bits per heavy atom. The molecule has 29 heavy (non-hydrogen) atoms. The molecule has 0 heterocycles. The fraction of sp³-hybridized carbons (Fsp3) is 0.920. The number of Topliss-reactive ketones (excluding diaryl/α,β-unsaturated/α-hetero) is 1. The summed E-state index contributed by atoms with van der Waals surface area (Å²) < 4.78 is 4.85. The zero-order valence-electron chi connectivity index (χ0n) is 18.8. The number of hydrogen-bond acceptors (Lipinski definition) is 4. The van der Waals surface area contributed by atoms with Crippen molar-refractivity contribution in [3.8, 4) is 0 Å². The van der Waals surface area contributed by atoms with Crippen LogP contribution in [0.15, 0.2) is 0 Å². The molecule has 4 saturated carbocycles. The summed E-state index contributed by atoms with van der Waals surface area (Å²) in [6.45, 7) is 7.22. The van der Waals surface area contributed by atoms with Gasteiger partial charge in [-0.2, -0.15) is 0 Å². The highest BCUT2D eigenvalue weighted by Gasteiger charge is 2.62. The van der Waals surface area contributed by atoms with E-state index < -0.39 is 0 Å². The molecule has 0 radical (unpaired) electrons. The van der Waals surface area contributed by atoms with Gasteiger partial charge in [0.15, 0.2) is 0 Å². The summed E-state index contributed by atoms with van der Waals surface area (Å²) >= 11 is 0. The largest absolute Gasteiger partial charge is 0.469 e. The Morgan fingerprint density at radius 1 is 1.17 bits per heavy atom. The second-order valence-electron chi connectivity index (χ2n) is 11.4. The fourth-order valence-corrected chi connectivity index (χ4v) is 8.64. The highest BCUT2D eigenvalue weighted by molar-refractivity contribution is 5.79. The Kier molecular flexibility index (Phi) is 5.63. The van der Waals surface area contributed by atoms with E-state index >= 15 is 0 Å². The Bertz CT molecular complexity index is 659. The molecule has 1 N–H and O–H groups in total. The number of ether oxygens (including phenoxy) is 1. The molecule has 0 bridgehead atoms. The molecule has 0 aromatic carbocycles. The Hall–Kier alpha value is -0.900. The van der Waals surface area contributed by atoms with Gasteiger partial charge < -0.3 is 9.84 Å². The molecule has 9 atom stereocenters. The predicted octanol–water partition coefficient (Wildman–Crippen LogP) is 4.77. The molecule has 4 nitrogen and oxygen atoms in total. The first-order valence-electron chi connectivity index (χ1n) is 12.0. The van der Waals surface area contributed by atoms with Crippen molar-refractivity contribution in [3.05, 3.63) is 0 Å². The molecule has 0 aliphatic heterocycles. The lowest BCUT2D eigenvalue weighted by Gasteiger charge is -2.62. The van der Waals surface area contributed by atoms with E-state index in [0.29, 0.717) is 54.1 Å². The molecule has 1 unspecified atom stereocenters. The van der Waals surface area contributed by atoms with Crippen LogP contribution in [0.3, 0.4) is 0 Å². The molecule has 164 valence electrons. The molecule has 4 heteroatoms. The van der Waals surface area contributed by atoms with Gasteiger partial charge in [0.05, 0.1) is 13.2 Å². The SMILES string of the molecule is COC(=O)CC[C@@H](C)[C@H]1CC[C@H]2[C@@H]3[C@@H](O)CC4CC(=O)CC[C@]4(C)[C@H]3CC[C@]12C. The zero-order valence-corrected chi connectivity index (χ0v) is 18.8. The lowest BCUT2D eigenvalue weighted by atomic mass is 9.44. The van der Waals surface area contributed by atoms with E-state index in [2.05, 4.69) is 20.8 Å². The molecule has 0 spiro atoms. The number of aliphatic hydroxyl groups excluding tert-OH is 1. The minimum Gasteiger partial charge on any atom is -0.469 e. The van der Waals surface area contributed by atoms with Gasteiger partial charge in [0.1, 0.15) is 5.78 Å². The molecule has 0 aromatic heterocycles. The number of fused-ring (bicyclic) bond motifs is 5. The quantitative estimate of drug-likeness (QED) is 0.685. The van der Waals surface area contributed by atoms with Crippen LogP contribution in [0, 0.1) is 46.3 Å². The van der Waals surface area contributed by atoms with Gasteiger partial charge in [-0.25, -0.2) is 0 Å². The van der Waals surface area contributed by atoms with Crippen LogP contribution in [0.1, 0.15) is 85.0 Å². The van der Waals surface area contributed by atoms with E-state index in [-0.39, 0.29) is 22.9 Å². The Balaban J connectivity index is 1.53. The number of rotatable bonds is 4. The van der Waals surface area contributed by atoms with Crippen molar-refractivity contribution in [1.82, 2.24) is 0 Å². The minimum atomic E-state index is -0.252. The van der Waals surface area contributed by atoms with Crippen LogP contribution >= 0.6 is 0 Å². The Morgan fingerprint density at radius 2 is 1.90 bits per heavy atom. The first kappa shape index (κ1) is 21.3. The number of esters is 1. The summed E-state index contributed by atoms with van der Waals surface area (Å²) in [6, 6.07) is 0. The monoisotopic (exact) mass is 404 g/mol. The summed E-state index contributed by atoms with van der Waals surface area (Å²) in [5, 5.41) is 11.3. The molecule has 0 aromatic rings. The molecule has 4 aliphatic rings. The molecule has 4 aliphatic carbocycles. The maximum Gasteiger partial charge on any atom is 0.305 e. The second kappa shape index (κ2) is 7.66.